The van der Waals surface area contributed by atoms with Gasteiger partial charge in [-0.1, -0.05) is 0 Å². The number of hydrazine groups is 1. The first-order valence-corrected chi connectivity index (χ1v) is 5.75. The molecule has 1 saturated heterocycles. The highest BCUT2D eigenvalue weighted by Gasteiger charge is 2.41. The van der Waals surface area contributed by atoms with Crippen LogP contribution < -0.4 is 11.3 Å². The van der Waals surface area contributed by atoms with Crippen LogP contribution in [0.4, 0.5) is 17.6 Å². The van der Waals surface area contributed by atoms with E-state index < -0.39 is 19.0 Å². The van der Waals surface area contributed by atoms with Crippen molar-refractivity contribution in [3.8, 4) is 0 Å². The van der Waals surface area contributed by atoms with Crippen LogP contribution in [0.5, 0.6) is 0 Å². The van der Waals surface area contributed by atoms with Crippen molar-refractivity contribution in [1.29, 1.82) is 0 Å². The summed E-state index contributed by atoms with van der Waals surface area (Å²) in [6.45, 7) is -0.329. The van der Waals surface area contributed by atoms with E-state index >= 15 is 0 Å². The molecule has 1 aliphatic heterocycles. The number of ether oxygens (including phenoxy) is 2. The molecular formula is C10H18F4N2O2. The second-order valence-electron chi connectivity index (χ2n) is 4.33. The summed E-state index contributed by atoms with van der Waals surface area (Å²) in [4.78, 5) is 0. The molecule has 0 aromatic carbocycles. The number of halogens is 4. The zero-order chi connectivity index (χ0) is 13.6. The highest BCUT2D eigenvalue weighted by Crippen LogP contribution is 2.23. The lowest BCUT2D eigenvalue weighted by Gasteiger charge is -2.29. The van der Waals surface area contributed by atoms with Crippen LogP contribution >= 0.6 is 0 Å². The van der Waals surface area contributed by atoms with E-state index in [9.17, 15) is 17.6 Å². The largest absolute Gasteiger partial charge is 0.381 e. The van der Waals surface area contributed by atoms with E-state index in [0.717, 1.165) is 12.8 Å². The molecule has 0 amide bonds. The van der Waals surface area contributed by atoms with Gasteiger partial charge >= 0.3 is 12.3 Å². The van der Waals surface area contributed by atoms with Gasteiger partial charge in [0.05, 0.1) is 13.2 Å². The Morgan fingerprint density at radius 2 is 2.17 bits per heavy atom. The van der Waals surface area contributed by atoms with Crippen molar-refractivity contribution < 1.29 is 27.0 Å². The molecule has 2 atom stereocenters. The summed E-state index contributed by atoms with van der Waals surface area (Å²) in [7, 11) is 0. The molecule has 0 aromatic rings. The third-order valence-corrected chi connectivity index (χ3v) is 2.89. The van der Waals surface area contributed by atoms with Crippen molar-refractivity contribution in [2.24, 2.45) is 11.8 Å². The molecule has 0 spiro atoms. The van der Waals surface area contributed by atoms with E-state index in [2.05, 4.69) is 10.2 Å². The Hall–Kier alpha value is -0.440. The van der Waals surface area contributed by atoms with Crippen LogP contribution in [0.15, 0.2) is 0 Å². The standard InChI is InChI=1S/C10H18F4N2O2/c11-9(12)10(13,14)6-18-5-8(16-15)7-2-1-3-17-4-7/h7-9,16H,1-6,15H2. The van der Waals surface area contributed by atoms with Gasteiger partial charge in [0.25, 0.3) is 0 Å². The van der Waals surface area contributed by atoms with E-state index in [1.54, 1.807) is 0 Å². The van der Waals surface area contributed by atoms with Gasteiger partial charge in [0.2, 0.25) is 0 Å². The molecule has 1 fully saturated rings. The number of alkyl halides is 4. The molecule has 0 aliphatic carbocycles. The number of rotatable bonds is 7. The average Bonchev–Trinajstić information content (AvgIpc) is 2.35. The van der Waals surface area contributed by atoms with E-state index in [0.29, 0.717) is 13.2 Å². The molecule has 108 valence electrons. The van der Waals surface area contributed by atoms with Gasteiger partial charge in [0.15, 0.2) is 0 Å². The first-order chi connectivity index (χ1) is 8.47. The maximum Gasteiger partial charge on any atom is 0.330 e. The number of nitrogens with two attached hydrogens (primary N) is 1. The summed E-state index contributed by atoms with van der Waals surface area (Å²) in [5.74, 6) is 1.21. The monoisotopic (exact) mass is 274 g/mol. The highest BCUT2D eigenvalue weighted by molar-refractivity contribution is 4.77. The van der Waals surface area contributed by atoms with Crippen molar-refractivity contribution in [1.82, 2.24) is 5.43 Å². The molecule has 8 heteroatoms. The fourth-order valence-corrected chi connectivity index (χ4v) is 1.79. The second-order valence-corrected chi connectivity index (χ2v) is 4.33. The maximum absolute atomic E-state index is 12.6. The maximum atomic E-state index is 12.6. The number of hydrogen-bond donors (Lipinski definition) is 2. The molecule has 3 N–H and O–H groups in total. The Morgan fingerprint density at radius 1 is 1.44 bits per heavy atom. The van der Waals surface area contributed by atoms with Crippen LogP contribution in [0.2, 0.25) is 0 Å². The van der Waals surface area contributed by atoms with Crippen LogP contribution in [0.3, 0.4) is 0 Å². The van der Waals surface area contributed by atoms with Gasteiger partial charge in [-0.05, 0) is 12.8 Å². The summed E-state index contributed by atoms with van der Waals surface area (Å²) in [6.07, 6.45) is -2.03. The molecule has 0 radical (unpaired) electrons. The normalized spacial score (nSPS) is 23.3. The van der Waals surface area contributed by atoms with E-state index in [4.69, 9.17) is 10.6 Å². The van der Waals surface area contributed by atoms with Crippen LogP contribution in [0.25, 0.3) is 0 Å². The minimum atomic E-state index is -4.12. The Labute approximate surface area is 103 Å². The van der Waals surface area contributed by atoms with Crippen LogP contribution in [0.1, 0.15) is 12.8 Å². The average molecular weight is 274 g/mol. The molecule has 18 heavy (non-hydrogen) atoms. The number of nitrogens with one attached hydrogen (secondary N) is 1. The molecule has 0 aromatic heterocycles. The molecule has 1 rings (SSSR count). The van der Waals surface area contributed by atoms with Gasteiger partial charge in [0.1, 0.15) is 6.61 Å². The fourth-order valence-electron chi connectivity index (χ4n) is 1.79. The van der Waals surface area contributed by atoms with Crippen molar-refractivity contribution in [3.63, 3.8) is 0 Å². The van der Waals surface area contributed by atoms with Gasteiger partial charge in [-0.25, -0.2) is 8.78 Å². The zero-order valence-corrected chi connectivity index (χ0v) is 9.88. The topological polar surface area (TPSA) is 56.5 Å². The highest BCUT2D eigenvalue weighted by atomic mass is 19.3. The Balaban J connectivity index is 2.31. The predicted molar refractivity (Wildman–Crippen MR) is 56.4 cm³/mol. The predicted octanol–water partition coefficient (Wildman–Crippen LogP) is 1.16. The van der Waals surface area contributed by atoms with E-state index in [1.807, 2.05) is 0 Å². The molecule has 1 aliphatic rings. The Bertz CT molecular complexity index is 238. The minimum absolute atomic E-state index is 0.0453. The first-order valence-electron chi connectivity index (χ1n) is 5.75. The van der Waals surface area contributed by atoms with Gasteiger partial charge < -0.3 is 9.47 Å². The van der Waals surface area contributed by atoms with E-state index in [-0.39, 0.29) is 18.6 Å². The Kier molecular flexibility index (Phi) is 6.27. The Morgan fingerprint density at radius 3 is 2.67 bits per heavy atom. The lowest BCUT2D eigenvalue weighted by atomic mass is 9.95. The van der Waals surface area contributed by atoms with Gasteiger partial charge in [-0.3, -0.25) is 11.3 Å². The molecule has 4 nitrogen and oxygen atoms in total. The molecule has 1 heterocycles. The third kappa shape index (κ3) is 4.68. The SMILES string of the molecule is NNC(COCC(F)(F)C(F)F)C1CCCOC1. The lowest BCUT2D eigenvalue weighted by molar-refractivity contribution is -0.168. The fraction of sp³-hybridized carbons (Fsp3) is 1.00. The van der Waals surface area contributed by atoms with Gasteiger partial charge in [0, 0.05) is 18.6 Å². The summed E-state index contributed by atoms with van der Waals surface area (Å²) < 4.78 is 58.8. The zero-order valence-electron chi connectivity index (χ0n) is 9.88. The molecule has 0 bridgehead atoms. The van der Waals surface area contributed by atoms with Gasteiger partial charge in [-0.15, -0.1) is 0 Å². The van der Waals surface area contributed by atoms with Crippen LogP contribution in [-0.4, -0.2) is 44.8 Å². The van der Waals surface area contributed by atoms with Crippen molar-refractivity contribution >= 4 is 0 Å². The second kappa shape index (κ2) is 7.22. The smallest absolute Gasteiger partial charge is 0.330 e. The number of hydrogen-bond acceptors (Lipinski definition) is 4. The van der Waals surface area contributed by atoms with Crippen molar-refractivity contribution in [2.75, 3.05) is 26.4 Å². The minimum Gasteiger partial charge on any atom is -0.381 e. The first kappa shape index (κ1) is 15.6. The molecule has 0 saturated carbocycles. The third-order valence-electron chi connectivity index (χ3n) is 2.89. The quantitative estimate of drug-likeness (QED) is 0.415. The summed E-state index contributed by atoms with van der Waals surface area (Å²) >= 11 is 0. The van der Waals surface area contributed by atoms with Crippen LogP contribution in [-0.2, 0) is 9.47 Å². The van der Waals surface area contributed by atoms with Gasteiger partial charge in [-0.2, -0.15) is 8.78 Å². The van der Waals surface area contributed by atoms with E-state index in [1.165, 1.54) is 0 Å². The van der Waals surface area contributed by atoms with Crippen LogP contribution in [0, 0.1) is 5.92 Å². The lowest BCUT2D eigenvalue weighted by Crippen LogP contribution is -2.47. The molecule has 2 unspecified atom stereocenters. The summed E-state index contributed by atoms with van der Waals surface area (Å²) in [6, 6.07) is -0.376. The summed E-state index contributed by atoms with van der Waals surface area (Å²) in [5.41, 5.74) is 2.45. The van der Waals surface area contributed by atoms with Crippen molar-refractivity contribution in [3.05, 3.63) is 0 Å². The van der Waals surface area contributed by atoms with Crippen molar-refractivity contribution in [2.45, 2.75) is 31.2 Å². The molecular weight excluding hydrogens is 256 g/mol. The summed E-state index contributed by atoms with van der Waals surface area (Å²) in [5, 5.41) is 0.